The molecule has 0 bridgehead atoms. The van der Waals surface area contributed by atoms with E-state index in [-0.39, 0.29) is 44.3 Å². The monoisotopic (exact) mass is 602 g/mol. The lowest BCUT2D eigenvalue weighted by Gasteiger charge is -2.26. The number of aryl methyl sites for hydroxylation is 1. The van der Waals surface area contributed by atoms with Crippen LogP contribution in [0.25, 0.3) is 6.08 Å². The van der Waals surface area contributed by atoms with E-state index in [9.17, 15) is 27.2 Å². The van der Waals surface area contributed by atoms with Crippen molar-refractivity contribution < 1.29 is 36.1 Å². The van der Waals surface area contributed by atoms with Gasteiger partial charge >= 0.3 is 16.1 Å². The number of nitrogens with one attached hydrogen (secondary N) is 1. The summed E-state index contributed by atoms with van der Waals surface area (Å²) in [6, 6.07) is 12.5. The second-order valence-electron chi connectivity index (χ2n) is 8.05. The molecule has 0 atom stereocenters. The molecule has 0 aromatic heterocycles. The largest absolute Gasteiger partial charge is 0.490 e. The fraction of sp³-hybridized carbons (Fsp3) is 0.115. The predicted octanol–water partition coefficient (Wildman–Crippen LogP) is 4.73. The molecule has 1 heterocycles. The maximum absolute atomic E-state index is 13.3. The summed E-state index contributed by atoms with van der Waals surface area (Å²) in [5.41, 5.74) is 0.823. The Morgan fingerprint density at radius 2 is 1.68 bits per heavy atom. The summed E-state index contributed by atoms with van der Waals surface area (Å²) in [5.74, 6) is -2.53. The number of ether oxygens (including phenoxy) is 1. The number of carbonyl (C=O) groups excluding carboxylic acids is 3. The average molecular weight is 603 g/mol. The molecule has 4 amide bonds. The third-order valence-electron chi connectivity index (χ3n) is 5.33. The molecule has 0 aliphatic carbocycles. The fourth-order valence-corrected chi connectivity index (χ4v) is 5.13. The molecule has 38 heavy (non-hydrogen) atoms. The van der Waals surface area contributed by atoms with Crippen LogP contribution in [-0.2, 0) is 19.7 Å². The Morgan fingerprint density at radius 3 is 2.32 bits per heavy atom. The average Bonchev–Trinajstić information content (AvgIpc) is 2.85. The van der Waals surface area contributed by atoms with Crippen LogP contribution in [0.3, 0.4) is 0 Å². The van der Waals surface area contributed by atoms with Gasteiger partial charge in [-0.1, -0.05) is 17.7 Å². The zero-order chi connectivity index (χ0) is 27.6. The van der Waals surface area contributed by atoms with Crippen molar-refractivity contribution in [3.8, 4) is 11.5 Å². The smallest absolute Gasteiger partial charge is 0.339 e. The van der Waals surface area contributed by atoms with Crippen LogP contribution in [0.1, 0.15) is 18.1 Å². The SMILES string of the molecule is CCOc1cc(/C=C2\C(=O)NC(=O)N(c3ccc(F)cc3)C2=O)cc(Br)c1OS(=O)(=O)c1ccc(C)cc1. The maximum atomic E-state index is 13.3. The van der Waals surface area contributed by atoms with E-state index in [1.165, 1.54) is 42.5 Å². The van der Waals surface area contributed by atoms with Gasteiger partial charge in [0.25, 0.3) is 11.8 Å². The summed E-state index contributed by atoms with van der Waals surface area (Å²) < 4.78 is 50.2. The van der Waals surface area contributed by atoms with Crippen molar-refractivity contribution in [3.63, 3.8) is 0 Å². The number of nitrogens with zero attached hydrogens (tertiary/aromatic N) is 1. The minimum absolute atomic E-state index is 0.0274. The Balaban J connectivity index is 1.72. The zero-order valence-corrected chi connectivity index (χ0v) is 22.4. The molecule has 0 radical (unpaired) electrons. The summed E-state index contributed by atoms with van der Waals surface area (Å²) >= 11 is 3.28. The highest BCUT2D eigenvalue weighted by Crippen LogP contribution is 2.39. The number of halogens is 2. The van der Waals surface area contributed by atoms with Gasteiger partial charge in [0.05, 0.1) is 16.8 Å². The van der Waals surface area contributed by atoms with Gasteiger partial charge in [0, 0.05) is 0 Å². The van der Waals surface area contributed by atoms with Crippen LogP contribution < -0.4 is 19.1 Å². The Hall–Kier alpha value is -4.03. The van der Waals surface area contributed by atoms with Crippen LogP contribution in [0.4, 0.5) is 14.9 Å². The molecule has 196 valence electrons. The van der Waals surface area contributed by atoms with E-state index in [4.69, 9.17) is 8.92 Å². The van der Waals surface area contributed by atoms with E-state index in [0.717, 1.165) is 17.7 Å². The molecule has 1 fully saturated rings. The van der Waals surface area contributed by atoms with Gasteiger partial charge in [0.2, 0.25) is 0 Å². The van der Waals surface area contributed by atoms with E-state index >= 15 is 0 Å². The lowest BCUT2D eigenvalue weighted by Crippen LogP contribution is -2.54. The number of benzene rings is 3. The highest BCUT2D eigenvalue weighted by molar-refractivity contribution is 9.10. The van der Waals surface area contributed by atoms with Gasteiger partial charge in [-0.2, -0.15) is 8.42 Å². The quantitative estimate of drug-likeness (QED) is 0.236. The van der Waals surface area contributed by atoms with Gasteiger partial charge in [0.15, 0.2) is 11.5 Å². The Bertz CT molecular complexity index is 1570. The zero-order valence-electron chi connectivity index (χ0n) is 20.0. The van der Waals surface area contributed by atoms with Crippen LogP contribution in [0.15, 0.2) is 75.6 Å². The first-order valence-corrected chi connectivity index (χ1v) is 13.3. The molecular formula is C26H20BrFN2O7S. The molecule has 12 heteroatoms. The van der Waals surface area contributed by atoms with Crippen molar-refractivity contribution >= 4 is 55.7 Å². The van der Waals surface area contributed by atoms with Crippen molar-refractivity contribution in [2.75, 3.05) is 11.5 Å². The van der Waals surface area contributed by atoms with Gasteiger partial charge in [-0.05, 0) is 89.9 Å². The lowest BCUT2D eigenvalue weighted by atomic mass is 10.1. The van der Waals surface area contributed by atoms with Crippen LogP contribution in [0, 0.1) is 12.7 Å². The molecule has 1 aliphatic rings. The number of urea groups is 1. The van der Waals surface area contributed by atoms with Gasteiger partial charge in [-0.15, -0.1) is 0 Å². The van der Waals surface area contributed by atoms with E-state index in [1.807, 2.05) is 6.92 Å². The van der Waals surface area contributed by atoms with E-state index in [1.54, 1.807) is 19.1 Å². The molecule has 3 aromatic rings. The van der Waals surface area contributed by atoms with Crippen LogP contribution in [0.5, 0.6) is 11.5 Å². The molecule has 3 aromatic carbocycles. The van der Waals surface area contributed by atoms with Gasteiger partial charge in [-0.3, -0.25) is 14.9 Å². The number of barbiturate groups is 1. The van der Waals surface area contributed by atoms with Gasteiger partial charge < -0.3 is 8.92 Å². The molecule has 0 saturated carbocycles. The molecule has 1 aliphatic heterocycles. The van der Waals surface area contributed by atoms with E-state index in [0.29, 0.717) is 4.90 Å². The van der Waals surface area contributed by atoms with Gasteiger partial charge in [-0.25, -0.2) is 14.1 Å². The first kappa shape index (κ1) is 27.0. The van der Waals surface area contributed by atoms with Crippen molar-refractivity contribution in [1.82, 2.24) is 5.32 Å². The Morgan fingerprint density at radius 1 is 1.03 bits per heavy atom. The summed E-state index contributed by atoms with van der Waals surface area (Å²) in [6.45, 7) is 3.65. The topological polar surface area (TPSA) is 119 Å². The number of hydrogen-bond acceptors (Lipinski definition) is 7. The minimum Gasteiger partial charge on any atom is -0.490 e. The third kappa shape index (κ3) is 5.60. The Kier molecular flexibility index (Phi) is 7.65. The Labute approximate surface area is 226 Å². The molecule has 1 N–H and O–H groups in total. The first-order valence-electron chi connectivity index (χ1n) is 11.1. The molecule has 0 unspecified atom stereocenters. The summed E-state index contributed by atoms with van der Waals surface area (Å²) in [4.78, 5) is 38.6. The molecule has 4 rings (SSSR count). The van der Waals surface area contributed by atoms with Gasteiger partial charge in [0.1, 0.15) is 16.3 Å². The standard InChI is InChI=1S/C26H20BrFN2O7S/c1-3-36-22-14-16(13-21(27)23(22)37-38(34,35)19-10-4-15(2)5-11-19)12-20-24(31)29-26(33)30(25(20)32)18-8-6-17(28)7-9-18/h4-14H,3H2,1-2H3,(H,29,31,33)/b20-12+. The number of imide groups is 2. The third-order valence-corrected chi connectivity index (χ3v) is 7.16. The fourth-order valence-electron chi connectivity index (χ4n) is 3.53. The van der Waals surface area contributed by atoms with Crippen molar-refractivity contribution in [3.05, 3.63) is 87.7 Å². The number of amides is 4. The summed E-state index contributed by atoms with van der Waals surface area (Å²) in [5, 5.41) is 2.08. The number of rotatable bonds is 7. The molecule has 1 saturated heterocycles. The predicted molar refractivity (Wildman–Crippen MR) is 140 cm³/mol. The maximum Gasteiger partial charge on any atom is 0.339 e. The summed E-state index contributed by atoms with van der Waals surface area (Å²) in [6.07, 6.45) is 1.21. The van der Waals surface area contributed by atoms with E-state index in [2.05, 4.69) is 21.2 Å². The van der Waals surface area contributed by atoms with Crippen molar-refractivity contribution in [2.45, 2.75) is 18.7 Å². The molecule has 0 spiro atoms. The van der Waals surface area contributed by atoms with Crippen molar-refractivity contribution in [1.29, 1.82) is 0 Å². The number of carbonyl (C=O) groups is 3. The number of hydrogen-bond donors (Lipinski definition) is 1. The van der Waals surface area contributed by atoms with Crippen molar-refractivity contribution in [2.24, 2.45) is 0 Å². The van der Waals surface area contributed by atoms with E-state index < -0.39 is 33.8 Å². The van der Waals surface area contributed by atoms with Crippen LogP contribution >= 0.6 is 15.9 Å². The van der Waals surface area contributed by atoms with Crippen LogP contribution in [0.2, 0.25) is 0 Å². The second-order valence-corrected chi connectivity index (χ2v) is 10.4. The second kappa shape index (κ2) is 10.8. The molecular weight excluding hydrogens is 583 g/mol. The highest BCUT2D eigenvalue weighted by atomic mass is 79.9. The highest BCUT2D eigenvalue weighted by Gasteiger charge is 2.37. The lowest BCUT2D eigenvalue weighted by molar-refractivity contribution is -0.122. The first-order chi connectivity index (χ1) is 18.0. The minimum atomic E-state index is -4.21. The number of anilines is 1. The van der Waals surface area contributed by atoms with Crippen LogP contribution in [-0.4, -0.2) is 32.9 Å². The molecule has 9 nitrogen and oxygen atoms in total. The normalized spacial score (nSPS) is 15.0. The summed E-state index contributed by atoms with van der Waals surface area (Å²) in [7, 11) is -4.21.